The van der Waals surface area contributed by atoms with E-state index in [1.54, 1.807) is 13.0 Å². The number of nitrogens with one attached hydrogen (secondary N) is 1. The number of piperidine rings is 1. The van der Waals surface area contributed by atoms with Crippen LogP contribution in [0.3, 0.4) is 0 Å². The first-order valence-electron chi connectivity index (χ1n) is 9.63. The summed E-state index contributed by atoms with van der Waals surface area (Å²) in [6, 6.07) is 11.4. The summed E-state index contributed by atoms with van der Waals surface area (Å²) in [6.07, 6.45) is 1.37. The Morgan fingerprint density at radius 1 is 1.00 bits per heavy atom. The van der Waals surface area contributed by atoms with E-state index in [4.69, 9.17) is 0 Å². The monoisotopic (exact) mass is 400 g/mol. The minimum atomic E-state index is -3.61. The molecule has 0 saturated carbocycles. The van der Waals surface area contributed by atoms with Crippen molar-refractivity contribution in [3.63, 3.8) is 0 Å². The highest BCUT2D eigenvalue weighted by Crippen LogP contribution is 2.27. The van der Waals surface area contributed by atoms with Gasteiger partial charge in [-0.3, -0.25) is 4.79 Å². The van der Waals surface area contributed by atoms with Crippen LogP contribution < -0.4 is 5.32 Å². The van der Waals surface area contributed by atoms with E-state index in [-0.39, 0.29) is 18.4 Å². The van der Waals surface area contributed by atoms with Gasteiger partial charge in [-0.15, -0.1) is 0 Å². The molecule has 28 heavy (non-hydrogen) atoms. The SMILES string of the molecule is Cc1cc(C)cc(NC(=O)[C@@H]2CCCN(S(=O)(=O)c3cc(C)ccc3C)C2)c1. The van der Waals surface area contributed by atoms with Crippen LogP contribution in [0.15, 0.2) is 41.3 Å². The lowest BCUT2D eigenvalue weighted by Gasteiger charge is -2.31. The normalized spacial score (nSPS) is 18.1. The van der Waals surface area contributed by atoms with Crippen LogP contribution >= 0.6 is 0 Å². The smallest absolute Gasteiger partial charge is 0.243 e. The van der Waals surface area contributed by atoms with Crippen molar-refractivity contribution in [2.75, 3.05) is 18.4 Å². The minimum absolute atomic E-state index is 0.120. The zero-order chi connectivity index (χ0) is 20.5. The Morgan fingerprint density at radius 3 is 2.36 bits per heavy atom. The van der Waals surface area contributed by atoms with Crippen molar-refractivity contribution in [2.24, 2.45) is 5.92 Å². The molecule has 2 aromatic carbocycles. The fraction of sp³-hybridized carbons (Fsp3) is 0.409. The fourth-order valence-corrected chi connectivity index (χ4v) is 5.62. The average molecular weight is 401 g/mol. The lowest BCUT2D eigenvalue weighted by molar-refractivity contribution is -0.120. The van der Waals surface area contributed by atoms with Crippen molar-refractivity contribution >= 4 is 21.6 Å². The van der Waals surface area contributed by atoms with Gasteiger partial charge in [0.1, 0.15) is 0 Å². The van der Waals surface area contributed by atoms with Gasteiger partial charge in [0.25, 0.3) is 0 Å². The molecule has 1 fully saturated rings. The number of carbonyl (C=O) groups excluding carboxylic acids is 1. The summed E-state index contributed by atoms with van der Waals surface area (Å²) in [4.78, 5) is 13.1. The van der Waals surface area contributed by atoms with Gasteiger partial charge in [-0.1, -0.05) is 18.2 Å². The Balaban J connectivity index is 1.77. The van der Waals surface area contributed by atoms with Crippen LogP contribution in [0.5, 0.6) is 0 Å². The van der Waals surface area contributed by atoms with E-state index in [2.05, 4.69) is 11.4 Å². The molecular formula is C22H28N2O3S. The van der Waals surface area contributed by atoms with Crippen molar-refractivity contribution in [3.8, 4) is 0 Å². The van der Waals surface area contributed by atoms with Gasteiger partial charge in [-0.2, -0.15) is 4.31 Å². The first-order chi connectivity index (χ1) is 13.2. The second-order valence-electron chi connectivity index (χ2n) is 7.84. The van der Waals surface area contributed by atoms with Gasteiger partial charge in [0.05, 0.1) is 10.8 Å². The molecule has 0 radical (unpaired) electrons. The predicted molar refractivity (Wildman–Crippen MR) is 112 cm³/mol. The standard InChI is InChI=1S/C22H28N2O3S/c1-15-7-8-18(4)21(13-15)28(26,27)24-9-5-6-19(14-24)22(25)23-20-11-16(2)10-17(3)12-20/h7-8,10-13,19H,5-6,9,14H2,1-4H3,(H,23,25)/t19-/m1/s1. The fourth-order valence-electron chi connectivity index (χ4n) is 3.79. The number of benzene rings is 2. The second-order valence-corrected chi connectivity index (χ2v) is 9.74. The Hall–Kier alpha value is -2.18. The lowest BCUT2D eigenvalue weighted by atomic mass is 9.98. The van der Waals surface area contributed by atoms with Gasteiger partial charge in [0.2, 0.25) is 15.9 Å². The topological polar surface area (TPSA) is 66.5 Å². The highest BCUT2D eigenvalue weighted by molar-refractivity contribution is 7.89. The first kappa shape index (κ1) is 20.6. The zero-order valence-corrected chi connectivity index (χ0v) is 17.8. The third kappa shape index (κ3) is 4.45. The highest BCUT2D eigenvalue weighted by Gasteiger charge is 2.34. The third-order valence-corrected chi connectivity index (χ3v) is 7.21. The van der Waals surface area contributed by atoms with Gasteiger partial charge < -0.3 is 5.32 Å². The highest BCUT2D eigenvalue weighted by atomic mass is 32.2. The van der Waals surface area contributed by atoms with E-state index in [0.29, 0.717) is 24.3 Å². The molecular weight excluding hydrogens is 372 g/mol. The van der Waals surface area contributed by atoms with E-state index in [0.717, 1.165) is 27.9 Å². The molecule has 0 spiro atoms. The molecule has 3 rings (SSSR count). The van der Waals surface area contributed by atoms with Crippen molar-refractivity contribution in [2.45, 2.75) is 45.4 Å². The van der Waals surface area contributed by atoms with Crippen molar-refractivity contribution < 1.29 is 13.2 Å². The molecule has 0 unspecified atom stereocenters. The Kier molecular flexibility index (Phi) is 5.91. The molecule has 1 amide bonds. The Labute approximate surface area is 167 Å². The molecule has 1 aliphatic rings. The lowest BCUT2D eigenvalue weighted by Crippen LogP contribution is -2.43. The number of sulfonamides is 1. The van der Waals surface area contributed by atoms with Gasteiger partial charge in [-0.05, 0) is 81.0 Å². The number of rotatable bonds is 4. The molecule has 1 atom stereocenters. The summed E-state index contributed by atoms with van der Waals surface area (Å²) < 4.78 is 27.8. The zero-order valence-electron chi connectivity index (χ0n) is 17.0. The molecule has 0 aliphatic carbocycles. The molecule has 150 valence electrons. The van der Waals surface area contributed by atoms with Gasteiger partial charge >= 0.3 is 0 Å². The maximum absolute atomic E-state index is 13.2. The molecule has 0 aromatic heterocycles. The summed E-state index contributed by atoms with van der Waals surface area (Å²) in [5.74, 6) is -0.472. The van der Waals surface area contributed by atoms with E-state index in [1.165, 1.54) is 4.31 Å². The van der Waals surface area contributed by atoms with Crippen LogP contribution in [-0.4, -0.2) is 31.7 Å². The molecule has 6 heteroatoms. The number of carbonyl (C=O) groups is 1. The van der Waals surface area contributed by atoms with Gasteiger partial charge in [-0.25, -0.2) is 8.42 Å². The van der Waals surface area contributed by atoms with Crippen molar-refractivity contribution in [1.82, 2.24) is 4.31 Å². The minimum Gasteiger partial charge on any atom is -0.326 e. The predicted octanol–water partition coefficient (Wildman–Crippen LogP) is 3.96. The van der Waals surface area contributed by atoms with E-state index in [9.17, 15) is 13.2 Å². The average Bonchev–Trinajstić information content (AvgIpc) is 2.63. The maximum atomic E-state index is 13.2. The number of nitrogens with zero attached hydrogens (tertiary/aromatic N) is 1. The molecule has 0 bridgehead atoms. The molecule has 2 aromatic rings. The molecule has 1 saturated heterocycles. The third-order valence-electron chi connectivity index (χ3n) is 5.21. The largest absolute Gasteiger partial charge is 0.326 e. The van der Waals surface area contributed by atoms with Gasteiger partial charge in [0, 0.05) is 18.8 Å². The van der Waals surface area contributed by atoms with Crippen LogP contribution in [-0.2, 0) is 14.8 Å². The molecule has 1 heterocycles. The van der Waals surface area contributed by atoms with Gasteiger partial charge in [0.15, 0.2) is 0 Å². The summed E-state index contributed by atoms with van der Waals surface area (Å²) in [6.45, 7) is 8.33. The van der Waals surface area contributed by atoms with Crippen LogP contribution in [0, 0.1) is 33.6 Å². The summed E-state index contributed by atoms with van der Waals surface area (Å²) in [5, 5.41) is 2.97. The molecule has 5 nitrogen and oxygen atoms in total. The molecule has 1 aliphatic heterocycles. The number of anilines is 1. The number of hydrogen-bond donors (Lipinski definition) is 1. The Morgan fingerprint density at radius 2 is 1.68 bits per heavy atom. The summed E-state index contributed by atoms with van der Waals surface area (Å²) in [5.41, 5.74) is 4.56. The van der Waals surface area contributed by atoms with Crippen LogP contribution in [0.4, 0.5) is 5.69 Å². The van der Waals surface area contributed by atoms with E-state index < -0.39 is 10.0 Å². The van der Waals surface area contributed by atoms with Crippen LogP contribution in [0.25, 0.3) is 0 Å². The van der Waals surface area contributed by atoms with Crippen molar-refractivity contribution in [3.05, 3.63) is 58.7 Å². The number of hydrogen-bond acceptors (Lipinski definition) is 3. The molecule has 1 N–H and O–H groups in total. The van der Waals surface area contributed by atoms with Crippen LogP contribution in [0.2, 0.25) is 0 Å². The number of aryl methyl sites for hydroxylation is 4. The van der Waals surface area contributed by atoms with E-state index >= 15 is 0 Å². The van der Waals surface area contributed by atoms with Crippen LogP contribution in [0.1, 0.15) is 35.1 Å². The second kappa shape index (κ2) is 8.05. The summed E-state index contributed by atoms with van der Waals surface area (Å²) >= 11 is 0. The summed E-state index contributed by atoms with van der Waals surface area (Å²) in [7, 11) is -3.61. The quantitative estimate of drug-likeness (QED) is 0.845. The van der Waals surface area contributed by atoms with Crippen molar-refractivity contribution in [1.29, 1.82) is 0 Å². The number of amides is 1. The Bertz CT molecular complexity index is 979. The maximum Gasteiger partial charge on any atom is 0.243 e. The first-order valence-corrected chi connectivity index (χ1v) is 11.1. The van der Waals surface area contributed by atoms with E-state index in [1.807, 2.05) is 45.0 Å².